The molecular weight excluding hydrogens is 536 g/mol. The summed E-state index contributed by atoms with van der Waals surface area (Å²) in [6, 6.07) is 1.69. The van der Waals surface area contributed by atoms with Gasteiger partial charge in [-0.25, -0.2) is 4.79 Å². The van der Waals surface area contributed by atoms with Crippen LogP contribution in [0.1, 0.15) is 54.1 Å². The number of carbonyl (C=O) groups is 4. The van der Waals surface area contributed by atoms with Crippen LogP contribution in [0, 0.1) is 11.8 Å². The third kappa shape index (κ3) is 4.42. The van der Waals surface area contributed by atoms with Gasteiger partial charge in [-0.2, -0.15) is 0 Å². The predicted octanol–water partition coefficient (Wildman–Crippen LogP) is 1.01. The maximum Gasteiger partial charge on any atom is 0.330 e. The number of rotatable bonds is 7. The molecule has 1 aromatic rings. The lowest BCUT2D eigenvalue weighted by atomic mass is 9.55. The Hall–Kier alpha value is -4.00. The Kier molecular flexibility index (Phi) is 7.87. The van der Waals surface area contributed by atoms with Crippen molar-refractivity contribution in [3.8, 4) is 5.75 Å². The normalized spacial score (nSPS) is 29.5. The molecule has 220 valence electrons. The zero-order valence-electron chi connectivity index (χ0n) is 23.1. The summed E-state index contributed by atoms with van der Waals surface area (Å²) in [5.74, 6) is -10.3. The smallest absolute Gasteiger partial charge is 0.330 e. The van der Waals surface area contributed by atoms with Crippen LogP contribution in [0.5, 0.6) is 5.75 Å². The molecule has 12 heteroatoms. The first-order valence-corrected chi connectivity index (χ1v) is 13.2. The maximum atomic E-state index is 13.9. The van der Waals surface area contributed by atoms with Crippen LogP contribution in [0.15, 0.2) is 40.9 Å². The molecule has 1 amide bonds. The van der Waals surface area contributed by atoms with Crippen LogP contribution in [-0.2, 0) is 19.1 Å². The van der Waals surface area contributed by atoms with E-state index in [1.165, 1.54) is 31.1 Å². The van der Waals surface area contributed by atoms with Gasteiger partial charge in [-0.1, -0.05) is 32.4 Å². The van der Waals surface area contributed by atoms with E-state index in [-0.39, 0.29) is 17.7 Å². The van der Waals surface area contributed by atoms with E-state index in [0.717, 1.165) is 12.5 Å². The van der Waals surface area contributed by atoms with Crippen LogP contribution in [0.4, 0.5) is 0 Å². The van der Waals surface area contributed by atoms with Gasteiger partial charge in [0.1, 0.15) is 22.8 Å². The molecule has 0 aromatic heterocycles. The number of ether oxygens (including phenoxy) is 1. The Morgan fingerprint density at radius 2 is 1.83 bits per heavy atom. The molecule has 0 fully saturated rings. The number of phenolic OH excluding ortho intramolecular Hbond substituents is 1. The lowest BCUT2D eigenvalue weighted by Crippen LogP contribution is -2.68. The fraction of sp³-hybridized carbons (Fsp3) is 0.448. The molecule has 12 nitrogen and oxygen atoms in total. The number of hydrogen-bond acceptors (Lipinski definition) is 11. The van der Waals surface area contributed by atoms with Crippen molar-refractivity contribution in [2.24, 2.45) is 17.6 Å². The molecule has 0 heterocycles. The summed E-state index contributed by atoms with van der Waals surface area (Å²) in [5.41, 5.74) is 1.04. The van der Waals surface area contributed by atoms with Crippen LogP contribution in [-0.4, -0.2) is 92.3 Å². The van der Waals surface area contributed by atoms with E-state index in [9.17, 15) is 44.7 Å². The number of phenols is 1. The number of esters is 1. The summed E-state index contributed by atoms with van der Waals surface area (Å²) >= 11 is 0. The van der Waals surface area contributed by atoms with Gasteiger partial charge in [0.15, 0.2) is 11.4 Å². The highest BCUT2D eigenvalue weighted by atomic mass is 16.5. The number of aliphatic hydroxyl groups is 4. The number of nitrogens with two attached hydrogens (primary N) is 1. The second kappa shape index (κ2) is 10.8. The van der Waals surface area contributed by atoms with Gasteiger partial charge in [-0.15, -0.1) is 0 Å². The summed E-state index contributed by atoms with van der Waals surface area (Å²) in [4.78, 5) is 52.8. The number of hydrogen-bond donors (Lipinski definition) is 6. The number of carbonyl (C=O) groups excluding carboxylic acids is 4. The number of aliphatic hydroxyl groups excluding tert-OH is 3. The second-order valence-corrected chi connectivity index (χ2v) is 10.9. The molecule has 1 aromatic carbocycles. The quantitative estimate of drug-likeness (QED) is 0.118. The number of aromatic hydroxyl groups is 1. The molecule has 0 spiro atoms. The minimum Gasteiger partial charge on any atom is -0.510 e. The van der Waals surface area contributed by atoms with Crippen LogP contribution < -0.4 is 5.73 Å². The zero-order valence-corrected chi connectivity index (χ0v) is 23.1. The van der Waals surface area contributed by atoms with Gasteiger partial charge in [0.2, 0.25) is 5.78 Å². The second-order valence-electron chi connectivity index (χ2n) is 10.9. The number of nitrogens with zero attached hydrogens (tertiary/aromatic N) is 1. The van der Waals surface area contributed by atoms with Gasteiger partial charge < -0.3 is 36.0 Å². The molecule has 6 atom stereocenters. The Morgan fingerprint density at radius 1 is 1.17 bits per heavy atom. The van der Waals surface area contributed by atoms with Gasteiger partial charge in [-0.05, 0) is 38.1 Å². The fourth-order valence-corrected chi connectivity index (χ4v) is 6.30. The average molecular weight is 571 g/mol. The van der Waals surface area contributed by atoms with Crippen molar-refractivity contribution in [2.75, 3.05) is 20.7 Å². The van der Waals surface area contributed by atoms with E-state index in [4.69, 9.17) is 10.5 Å². The van der Waals surface area contributed by atoms with Crippen molar-refractivity contribution < 1.29 is 49.4 Å². The molecule has 3 aliphatic carbocycles. The number of Topliss-reactive ketones (excluding diaryl/α,β-unsaturated/α-hetero) is 2. The molecule has 0 bridgehead atoms. The van der Waals surface area contributed by atoms with Crippen LogP contribution in [0.3, 0.4) is 0 Å². The third-order valence-corrected chi connectivity index (χ3v) is 8.30. The molecule has 0 aliphatic heterocycles. The van der Waals surface area contributed by atoms with E-state index < -0.39 is 87.4 Å². The Balaban J connectivity index is 1.87. The summed E-state index contributed by atoms with van der Waals surface area (Å²) in [6.07, 6.45) is 2.20. The molecular formula is C29H34N2O10. The van der Waals surface area contributed by atoms with Gasteiger partial charge in [0.05, 0.1) is 30.2 Å². The fourth-order valence-electron chi connectivity index (χ4n) is 6.30. The highest BCUT2D eigenvalue weighted by molar-refractivity contribution is 6.25. The first-order valence-electron chi connectivity index (χ1n) is 13.2. The standard InChI is InChI=1S/C29H34N2O10/c1-5-6-11-41-15(32)10-8-13-7-9-14-12(2)16-18(23(34)17(14)22(13)33)26(37)29(40)20(24(16)35)21(31(3)4)25(36)19(27(29)38)28(30)39/h7-10,12,16,20-21,24,33,35-37,40H,5-6,11H2,1-4H3,(H2,30,39)/b10-8+/t12-,16+,20+,21-,24-,29-/m0/s1. The molecule has 41 heavy (non-hydrogen) atoms. The van der Waals surface area contributed by atoms with Gasteiger partial charge in [0, 0.05) is 23.1 Å². The average Bonchev–Trinajstić information content (AvgIpc) is 2.90. The van der Waals surface area contributed by atoms with Crippen LogP contribution in [0.2, 0.25) is 0 Å². The minimum absolute atomic E-state index is 0.0912. The largest absolute Gasteiger partial charge is 0.510 e. The predicted molar refractivity (Wildman–Crippen MR) is 145 cm³/mol. The molecule has 3 aliphatic rings. The van der Waals surface area contributed by atoms with Crippen molar-refractivity contribution >= 4 is 29.5 Å². The number of amides is 1. The van der Waals surface area contributed by atoms with Gasteiger partial charge in [0.25, 0.3) is 5.91 Å². The zero-order chi connectivity index (χ0) is 30.5. The maximum absolute atomic E-state index is 13.9. The third-order valence-electron chi connectivity index (χ3n) is 8.30. The first-order chi connectivity index (χ1) is 19.2. The first kappa shape index (κ1) is 30.0. The van der Waals surface area contributed by atoms with Crippen LogP contribution >= 0.6 is 0 Å². The highest BCUT2D eigenvalue weighted by Gasteiger charge is 2.67. The number of benzene rings is 1. The van der Waals surface area contributed by atoms with Crippen molar-refractivity contribution in [1.82, 2.24) is 4.90 Å². The van der Waals surface area contributed by atoms with Crippen molar-refractivity contribution in [3.05, 3.63) is 57.6 Å². The Bertz CT molecular complexity index is 1420. The topological polar surface area (TPSA) is 208 Å². The number of ketones is 2. The Labute approximate surface area is 236 Å². The van der Waals surface area contributed by atoms with Gasteiger partial charge in [-0.3, -0.25) is 19.3 Å². The van der Waals surface area contributed by atoms with Crippen molar-refractivity contribution in [1.29, 1.82) is 0 Å². The van der Waals surface area contributed by atoms with E-state index in [0.29, 0.717) is 12.0 Å². The molecule has 4 rings (SSSR count). The number of primary amides is 1. The van der Waals surface area contributed by atoms with Crippen molar-refractivity contribution in [2.45, 2.75) is 50.4 Å². The molecule has 0 unspecified atom stereocenters. The van der Waals surface area contributed by atoms with Crippen LogP contribution in [0.25, 0.3) is 6.08 Å². The highest BCUT2D eigenvalue weighted by Crippen LogP contribution is 2.55. The number of fused-ring (bicyclic) bond motifs is 3. The van der Waals surface area contributed by atoms with E-state index in [2.05, 4.69) is 0 Å². The summed E-state index contributed by atoms with van der Waals surface area (Å²) in [5, 5.41) is 56.7. The lowest BCUT2D eigenvalue weighted by molar-refractivity contribution is -0.162. The minimum atomic E-state index is -2.99. The van der Waals surface area contributed by atoms with E-state index in [1.54, 1.807) is 13.0 Å². The molecule has 0 saturated heterocycles. The van der Waals surface area contributed by atoms with E-state index in [1.807, 2.05) is 6.92 Å². The summed E-state index contributed by atoms with van der Waals surface area (Å²) < 4.78 is 5.06. The summed E-state index contributed by atoms with van der Waals surface area (Å²) in [7, 11) is 2.94. The van der Waals surface area contributed by atoms with Crippen molar-refractivity contribution in [3.63, 3.8) is 0 Å². The number of unbranched alkanes of at least 4 members (excludes halogenated alkanes) is 1. The molecule has 0 radical (unpaired) electrons. The monoisotopic (exact) mass is 570 g/mol. The lowest BCUT2D eigenvalue weighted by Gasteiger charge is -2.53. The molecule has 7 N–H and O–H groups in total. The summed E-state index contributed by atoms with van der Waals surface area (Å²) in [6.45, 7) is 3.80. The van der Waals surface area contributed by atoms with E-state index >= 15 is 0 Å². The Morgan fingerprint density at radius 3 is 2.41 bits per heavy atom. The molecule has 0 saturated carbocycles. The van der Waals surface area contributed by atoms with Gasteiger partial charge >= 0.3 is 5.97 Å². The SMILES string of the molecule is CCCCOC(=O)/C=C/c1ccc2c(c1O)C(=O)C1=C(O)[C@]3(O)C(=O)C(C(N)=O)=C(O)[C@@H](N(C)C)[C@@H]3[C@@H](O)[C@@H]1[C@H]2C. The number of likely N-dealkylation sites (N-methyl/N-ethyl adjacent to an activating group) is 1.